The maximum Gasteiger partial charge on any atom is 0.234 e. The SMILES string of the molecule is CNc1nc(OC2CCOCC2)c(Cl)cc1Cl. The van der Waals surface area contributed by atoms with E-state index in [1.807, 2.05) is 0 Å². The fourth-order valence-electron chi connectivity index (χ4n) is 1.66. The van der Waals surface area contributed by atoms with Gasteiger partial charge in [0, 0.05) is 19.9 Å². The summed E-state index contributed by atoms with van der Waals surface area (Å²) in [5, 5.41) is 3.81. The number of ether oxygens (including phenoxy) is 2. The molecule has 4 nitrogen and oxygen atoms in total. The maximum absolute atomic E-state index is 6.05. The fraction of sp³-hybridized carbons (Fsp3) is 0.545. The molecule has 0 amide bonds. The van der Waals surface area contributed by atoms with Gasteiger partial charge in [0.2, 0.25) is 5.88 Å². The van der Waals surface area contributed by atoms with Crippen LogP contribution in [0.2, 0.25) is 10.0 Å². The summed E-state index contributed by atoms with van der Waals surface area (Å²) in [6.07, 6.45) is 1.82. The Labute approximate surface area is 110 Å². The molecular weight excluding hydrogens is 263 g/mol. The molecule has 1 fully saturated rings. The van der Waals surface area contributed by atoms with Crippen LogP contribution in [0.25, 0.3) is 0 Å². The molecule has 1 aliphatic rings. The van der Waals surface area contributed by atoms with Crippen LogP contribution >= 0.6 is 23.2 Å². The predicted octanol–water partition coefficient (Wildman–Crippen LogP) is 2.99. The molecule has 0 radical (unpaired) electrons. The Morgan fingerprint density at radius 3 is 2.71 bits per heavy atom. The van der Waals surface area contributed by atoms with Gasteiger partial charge in [0.05, 0.1) is 18.2 Å². The number of hydrogen-bond acceptors (Lipinski definition) is 4. The first-order chi connectivity index (χ1) is 8.20. The number of pyridine rings is 1. The summed E-state index contributed by atoms with van der Waals surface area (Å²) in [6, 6.07) is 1.64. The van der Waals surface area contributed by atoms with Crippen molar-refractivity contribution in [2.45, 2.75) is 18.9 Å². The van der Waals surface area contributed by atoms with Crippen LogP contribution in [0.15, 0.2) is 6.07 Å². The van der Waals surface area contributed by atoms with E-state index >= 15 is 0 Å². The number of anilines is 1. The van der Waals surface area contributed by atoms with E-state index < -0.39 is 0 Å². The monoisotopic (exact) mass is 276 g/mol. The Hall–Kier alpha value is -0.710. The van der Waals surface area contributed by atoms with Crippen LogP contribution in [0.3, 0.4) is 0 Å². The summed E-state index contributed by atoms with van der Waals surface area (Å²) < 4.78 is 11.0. The van der Waals surface area contributed by atoms with Gasteiger partial charge in [-0.25, -0.2) is 0 Å². The number of nitrogens with zero attached hydrogens (tertiary/aromatic N) is 1. The predicted molar refractivity (Wildman–Crippen MR) is 68.3 cm³/mol. The molecule has 2 rings (SSSR count). The number of halogens is 2. The highest BCUT2D eigenvalue weighted by Gasteiger charge is 2.18. The van der Waals surface area contributed by atoms with Crippen LogP contribution in [0, 0.1) is 0 Å². The molecule has 0 atom stereocenters. The second-order valence-electron chi connectivity index (χ2n) is 3.79. The smallest absolute Gasteiger partial charge is 0.234 e. The molecule has 1 aromatic heterocycles. The van der Waals surface area contributed by atoms with Gasteiger partial charge in [-0.3, -0.25) is 0 Å². The summed E-state index contributed by atoms with van der Waals surface area (Å²) in [5.74, 6) is 0.991. The van der Waals surface area contributed by atoms with E-state index in [1.165, 1.54) is 0 Å². The molecule has 0 saturated carbocycles. The van der Waals surface area contributed by atoms with Gasteiger partial charge in [0.15, 0.2) is 0 Å². The van der Waals surface area contributed by atoms with Gasteiger partial charge in [0.25, 0.3) is 0 Å². The summed E-state index contributed by atoms with van der Waals surface area (Å²) in [6.45, 7) is 1.43. The Morgan fingerprint density at radius 2 is 2.06 bits per heavy atom. The average Bonchev–Trinajstić information content (AvgIpc) is 2.34. The summed E-state index contributed by atoms with van der Waals surface area (Å²) in [4.78, 5) is 4.25. The lowest BCUT2D eigenvalue weighted by Crippen LogP contribution is -2.26. The summed E-state index contributed by atoms with van der Waals surface area (Å²) in [5.41, 5.74) is 0. The van der Waals surface area contributed by atoms with Crippen LogP contribution in [0.5, 0.6) is 5.88 Å². The van der Waals surface area contributed by atoms with Crippen molar-refractivity contribution in [3.8, 4) is 5.88 Å². The van der Waals surface area contributed by atoms with Crippen molar-refractivity contribution in [2.75, 3.05) is 25.6 Å². The van der Waals surface area contributed by atoms with Crippen LogP contribution in [0.4, 0.5) is 5.82 Å². The van der Waals surface area contributed by atoms with Crippen molar-refractivity contribution < 1.29 is 9.47 Å². The number of aromatic nitrogens is 1. The van der Waals surface area contributed by atoms with Crippen molar-refractivity contribution in [3.05, 3.63) is 16.1 Å². The highest BCUT2D eigenvalue weighted by molar-refractivity contribution is 6.36. The van der Waals surface area contributed by atoms with Crippen molar-refractivity contribution >= 4 is 29.0 Å². The van der Waals surface area contributed by atoms with Crippen molar-refractivity contribution in [1.29, 1.82) is 0 Å². The first kappa shape index (κ1) is 12.7. The lowest BCUT2D eigenvalue weighted by molar-refractivity contribution is 0.0238. The van der Waals surface area contributed by atoms with Gasteiger partial charge in [-0.1, -0.05) is 23.2 Å². The molecule has 1 aliphatic heterocycles. The molecule has 1 aromatic rings. The molecule has 0 aliphatic carbocycles. The zero-order valence-electron chi connectivity index (χ0n) is 9.50. The van der Waals surface area contributed by atoms with Gasteiger partial charge in [0.1, 0.15) is 16.9 Å². The quantitative estimate of drug-likeness (QED) is 0.922. The molecular formula is C11H14Cl2N2O2. The number of rotatable bonds is 3. The molecule has 0 unspecified atom stereocenters. The minimum Gasteiger partial charge on any atom is -0.473 e. The van der Waals surface area contributed by atoms with E-state index in [2.05, 4.69) is 10.3 Å². The largest absolute Gasteiger partial charge is 0.473 e. The van der Waals surface area contributed by atoms with E-state index in [9.17, 15) is 0 Å². The molecule has 0 bridgehead atoms. The summed E-state index contributed by atoms with van der Waals surface area (Å²) >= 11 is 12.0. The zero-order valence-corrected chi connectivity index (χ0v) is 11.0. The highest BCUT2D eigenvalue weighted by atomic mass is 35.5. The normalized spacial score (nSPS) is 16.9. The van der Waals surface area contributed by atoms with E-state index in [0.717, 1.165) is 26.1 Å². The average molecular weight is 277 g/mol. The van der Waals surface area contributed by atoms with Crippen molar-refractivity contribution in [1.82, 2.24) is 4.98 Å². The molecule has 94 valence electrons. The van der Waals surface area contributed by atoms with Crippen LogP contribution < -0.4 is 10.1 Å². The van der Waals surface area contributed by atoms with Gasteiger partial charge in [-0.2, -0.15) is 4.98 Å². The maximum atomic E-state index is 6.05. The number of nitrogens with one attached hydrogen (secondary N) is 1. The fourth-order valence-corrected chi connectivity index (χ4v) is 2.16. The highest BCUT2D eigenvalue weighted by Crippen LogP contribution is 2.31. The van der Waals surface area contributed by atoms with Crippen LogP contribution in [-0.2, 0) is 4.74 Å². The van der Waals surface area contributed by atoms with Crippen LogP contribution in [0.1, 0.15) is 12.8 Å². The van der Waals surface area contributed by atoms with Crippen molar-refractivity contribution in [2.24, 2.45) is 0 Å². The van der Waals surface area contributed by atoms with Gasteiger partial charge >= 0.3 is 0 Å². The Balaban J connectivity index is 2.13. The molecule has 17 heavy (non-hydrogen) atoms. The third-order valence-electron chi connectivity index (χ3n) is 2.58. The van der Waals surface area contributed by atoms with E-state index in [1.54, 1.807) is 13.1 Å². The first-order valence-corrected chi connectivity index (χ1v) is 6.24. The van der Waals surface area contributed by atoms with Crippen LogP contribution in [-0.4, -0.2) is 31.3 Å². The Kier molecular flexibility index (Phi) is 4.31. The second kappa shape index (κ2) is 5.76. The molecule has 0 spiro atoms. The lowest BCUT2D eigenvalue weighted by Gasteiger charge is -2.23. The molecule has 1 saturated heterocycles. The zero-order chi connectivity index (χ0) is 12.3. The Morgan fingerprint density at radius 1 is 1.35 bits per heavy atom. The van der Waals surface area contributed by atoms with Gasteiger partial charge in [-0.05, 0) is 6.07 Å². The minimum atomic E-state index is 0.111. The van der Waals surface area contributed by atoms with Gasteiger partial charge < -0.3 is 14.8 Å². The van der Waals surface area contributed by atoms with E-state index in [0.29, 0.717) is 21.7 Å². The number of hydrogen-bond donors (Lipinski definition) is 1. The standard InChI is InChI=1S/C11H14Cl2N2O2/c1-14-10-8(12)6-9(13)11(15-10)17-7-2-4-16-5-3-7/h6-7H,2-5H2,1H3,(H,14,15). The van der Waals surface area contributed by atoms with E-state index in [-0.39, 0.29) is 6.10 Å². The summed E-state index contributed by atoms with van der Waals surface area (Å²) in [7, 11) is 1.75. The Bertz CT molecular complexity index is 395. The first-order valence-electron chi connectivity index (χ1n) is 5.49. The minimum absolute atomic E-state index is 0.111. The molecule has 6 heteroatoms. The van der Waals surface area contributed by atoms with Crippen molar-refractivity contribution in [3.63, 3.8) is 0 Å². The van der Waals surface area contributed by atoms with E-state index in [4.69, 9.17) is 32.7 Å². The molecule has 1 N–H and O–H groups in total. The second-order valence-corrected chi connectivity index (χ2v) is 4.60. The van der Waals surface area contributed by atoms with Gasteiger partial charge in [-0.15, -0.1) is 0 Å². The molecule has 2 heterocycles. The topological polar surface area (TPSA) is 43.4 Å². The third-order valence-corrected chi connectivity index (χ3v) is 3.14. The molecule has 0 aromatic carbocycles. The lowest BCUT2D eigenvalue weighted by atomic mass is 10.1. The third kappa shape index (κ3) is 3.15.